The van der Waals surface area contributed by atoms with Gasteiger partial charge in [0.15, 0.2) is 0 Å². The molecule has 2 rings (SSSR count). The van der Waals surface area contributed by atoms with Crippen LogP contribution < -0.4 is 10.6 Å². The molecule has 2 unspecified atom stereocenters. The molecule has 0 fully saturated rings. The van der Waals surface area contributed by atoms with E-state index >= 15 is 0 Å². The van der Waals surface area contributed by atoms with E-state index < -0.39 is 0 Å². The van der Waals surface area contributed by atoms with Crippen molar-refractivity contribution in [3.05, 3.63) is 119 Å². The van der Waals surface area contributed by atoms with Crippen molar-refractivity contribution in [3.63, 3.8) is 0 Å². The molecule has 0 radical (unpaired) electrons. The Morgan fingerprint density at radius 3 is 2.15 bits per heavy atom. The molecule has 2 atom stereocenters. The molecular weight excluding hydrogens is 446 g/mol. The zero-order valence-corrected chi connectivity index (χ0v) is 23.5. The Hall–Kier alpha value is -2.00. The zero-order chi connectivity index (χ0) is 24.6. The van der Waals surface area contributed by atoms with Crippen LogP contribution >= 0.6 is 15.8 Å². The van der Waals surface area contributed by atoms with Gasteiger partial charge >= 0.3 is 0 Å². The van der Waals surface area contributed by atoms with Crippen molar-refractivity contribution in [1.29, 1.82) is 0 Å². The number of hydrogen-bond donors (Lipinski definition) is 0. The molecule has 0 N–H and O–H groups in total. The number of allylic oxidation sites excluding steroid dienone is 9. The maximum absolute atomic E-state index is 2.45. The quantitative estimate of drug-likeness (QED) is 0.150. The zero-order valence-electron chi connectivity index (χ0n) is 21.7. The summed E-state index contributed by atoms with van der Waals surface area (Å²) in [6.45, 7) is 10.8. The first-order valence-electron chi connectivity index (χ1n) is 12.5. The highest BCUT2D eigenvalue weighted by molar-refractivity contribution is 7.70. The maximum atomic E-state index is 2.45. The second-order valence-corrected chi connectivity index (χ2v) is 13.0. The van der Waals surface area contributed by atoms with Gasteiger partial charge in [0.05, 0.1) is 0 Å². The average molecular weight is 489 g/mol. The maximum Gasteiger partial charge on any atom is -0.0166 e. The minimum Gasteiger partial charge on any atom is -0.0874 e. The fourth-order valence-electron chi connectivity index (χ4n) is 4.02. The van der Waals surface area contributed by atoms with Gasteiger partial charge in [0, 0.05) is 0 Å². The Kier molecular flexibility index (Phi) is 13.8. The predicted octanol–water partition coefficient (Wildman–Crippen LogP) is 9.60. The summed E-state index contributed by atoms with van der Waals surface area (Å²) in [5.41, 5.74) is 2.73. The molecule has 2 heteroatoms. The van der Waals surface area contributed by atoms with Crippen LogP contribution in [0.1, 0.15) is 52.5 Å². The minimum absolute atomic E-state index is 0.264. The number of hydrogen-bond acceptors (Lipinski definition) is 0. The standard InChI is InChI=1S/C32H42P2/c1-6-18-28(4)20-17-26-33(31-22-11-9-12-23-31)25-15-10-16-27-34(30(8-3)19-7-2)32-24-14-13-21-29(32)5/h6-9,11-14,17-24,26H,10,15-16,25,27H2,1-5H3/b18-6-,19-7-,26-17+,28-20-,30-8+. The van der Waals surface area contributed by atoms with E-state index in [4.69, 9.17) is 0 Å². The molecule has 34 heavy (non-hydrogen) atoms. The van der Waals surface area contributed by atoms with E-state index in [0.717, 1.165) is 0 Å². The van der Waals surface area contributed by atoms with Crippen molar-refractivity contribution < 1.29 is 0 Å². The van der Waals surface area contributed by atoms with Crippen LogP contribution in [0.3, 0.4) is 0 Å². The molecule has 0 aliphatic rings. The van der Waals surface area contributed by atoms with Crippen LogP contribution in [0.2, 0.25) is 0 Å². The van der Waals surface area contributed by atoms with Crippen LogP contribution in [0.15, 0.2) is 114 Å². The normalized spacial score (nSPS) is 15.0. The molecular formula is C32H42P2. The Morgan fingerprint density at radius 1 is 0.794 bits per heavy atom. The summed E-state index contributed by atoms with van der Waals surface area (Å²) in [5, 5.41) is 4.53. The topological polar surface area (TPSA) is 0 Å². The molecule has 0 nitrogen and oxygen atoms in total. The fraction of sp³-hybridized carbons (Fsp3) is 0.312. The fourth-order valence-corrected chi connectivity index (χ4v) is 8.74. The van der Waals surface area contributed by atoms with E-state index in [-0.39, 0.29) is 15.8 Å². The van der Waals surface area contributed by atoms with Crippen molar-refractivity contribution in [3.8, 4) is 0 Å². The third-order valence-corrected chi connectivity index (χ3v) is 10.9. The molecule has 2 aromatic carbocycles. The summed E-state index contributed by atoms with van der Waals surface area (Å²) in [5.74, 6) is 2.45. The van der Waals surface area contributed by atoms with Crippen LogP contribution in [-0.2, 0) is 0 Å². The number of rotatable bonds is 13. The molecule has 0 bridgehead atoms. The lowest BCUT2D eigenvalue weighted by atomic mass is 10.2. The van der Waals surface area contributed by atoms with Crippen LogP contribution in [0.25, 0.3) is 0 Å². The van der Waals surface area contributed by atoms with E-state index in [0.29, 0.717) is 0 Å². The molecule has 0 saturated carbocycles. The molecule has 0 amide bonds. The van der Waals surface area contributed by atoms with Gasteiger partial charge in [-0.2, -0.15) is 0 Å². The first kappa shape index (κ1) is 28.2. The third-order valence-electron chi connectivity index (χ3n) is 5.77. The van der Waals surface area contributed by atoms with Gasteiger partial charge in [-0.05, 0) is 89.2 Å². The van der Waals surface area contributed by atoms with Gasteiger partial charge in [-0.3, -0.25) is 0 Å². The van der Waals surface area contributed by atoms with E-state index in [2.05, 4.69) is 138 Å². The Morgan fingerprint density at radius 2 is 1.47 bits per heavy atom. The summed E-state index contributed by atoms with van der Waals surface area (Å²) < 4.78 is 0. The minimum atomic E-state index is -0.291. The van der Waals surface area contributed by atoms with Gasteiger partial charge in [-0.15, -0.1) is 0 Å². The van der Waals surface area contributed by atoms with Gasteiger partial charge < -0.3 is 0 Å². The summed E-state index contributed by atoms with van der Waals surface area (Å²) in [6, 6.07) is 20.0. The molecule has 180 valence electrons. The van der Waals surface area contributed by atoms with Gasteiger partial charge in [0.25, 0.3) is 0 Å². The van der Waals surface area contributed by atoms with Gasteiger partial charge in [-0.1, -0.05) is 123 Å². The molecule has 0 spiro atoms. The van der Waals surface area contributed by atoms with Crippen molar-refractivity contribution in [2.24, 2.45) is 0 Å². The first-order valence-corrected chi connectivity index (χ1v) is 15.6. The van der Waals surface area contributed by atoms with Crippen molar-refractivity contribution in [2.75, 3.05) is 12.3 Å². The van der Waals surface area contributed by atoms with E-state index in [9.17, 15) is 0 Å². The van der Waals surface area contributed by atoms with Crippen molar-refractivity contribution in [1.82, 2.24) is 0 Å². The molecule has 2 aromatic rings. The van der Waals surface area contributed by atoms with Gasteiger partial charge in [-0.25, -0.2) is 0 Å². The number of benzene rings is 2. The lowest BCUT2D eigenvalue weighted by Gasteiger charge is -2.22. The van der Waals surface area contributed by atoms with E-state index in [1.165, 1.54) is 53.3 Å². The average Bonchev–Trinajstić information content (AvgIpc) is 2.85. The van der Waals surface area contributed by atoms with E-state index in [1.807, 2.05) is 0 Å². The van der Waals surface area contributed by atoms with Gasteiger partial charge in [0.1, 0.15) is 0 Å². The highest BCUT2D eigenvalue weighted by Crippen LogP contribution is 2.46. The summed E-state index contributed by atoms with van der Waals surface area (Å²) in [6.07, 6.45) is 22.0. The van der Waals surface area contributed by atoms with Crippen LogP contribution in [0.5, 0.6) is 0 Å². The molecule has 0 aromatic heterocycles. The molecule has 0 saturated heterocycles. The summed E-state index contributed by atoms with van der Waals surface area (Å²) in [4.78, 5) is 0. The number of unbranched alkanes of at least 4 members (excludes halogenated alkanes) is 2. The van der Waals surface area contributed by atoms with Gasteiger partial charge in [0.2, 0.25) is 0 Å². The SMILES string of the molecule is C\C=C/C(C)=C\C=C\P(CCCCCP(C(/C=C\C)=C/C)c1ccccc1C)c1ccccc1. The van der Waals surface area contributed by atoms with Crippen molar-refractivity contribution >= 4 is 26.5 Å². The molecule has 0 aliphatic heterocycles. The smallest absolute Gasteiger partial charge is 0.0166 e. The summed E-state index contributed by atoms with van der Waals surface area (Å²) >= 11 is 0. The third kappa shape index (κ3) is 9.70. The lowest BCUT2D eigenvalue weighted by Crippen LogP contribution is -2.09. The highest BCUT2D eigenvalue weighted by atomic mass is 31.1. The molecule has 0 heterocycles. The lowest BCUT2D eigenvalue weighted by molar-refractivity contribution is 0.782. The van der Waals surface area contributed by atoms with Crippen LogP contribution in [-0.4, -0.2) is 12.3 Å². The monoisotopic (exact) mass is 488 g/mol. The largest absolute Gasteiger partial charge is 0.0874 e. The van der Waals surface area contributed by atoms with Crippen LogP contribution in [0, 0.1) is 6.92 Å². The highest BCUT2D eigenvalue weighted by Gasteiger charge is 2.16. The molecule has 0 aliphatic carbocycles. The number of aryl methyl sites for hydroxylation is 1. The Balaban J connectivity index is 2.02. The first-order chi connectivity index (χ1) is 16.6. The van der Waals surface area contributed by atoms with Crippen LogP contribution in [0.4, 0.5) is 0 Å². The second-order valence-electron chi connectivity index (χ2n) is 8.49. The Labute approximate surface area is 211 Å². The Bertz CT molecular complexity index is 993. The predicted molar refractivity (Wildman–Crippen MR) is 161 cm³/mol. The van der Waals surface area contributed by atoms with E-state index in [1.54, 1.807) is 5.30 Å². The summed E-state index contributed by atoms with van der Waals surface area (Å²) in [7, 11) is -0.555. The second kappa shape index (κ2) is 16.6. The van der Waals surface area contributed by atoms with Crippen molar-refractivity contribution in [2.45, 2.75) is 53.9 Å².